The molecule has 0 spiro atoms. The number of morpholine rings is 1. The molecule has 1 amide bonds. The SMILES string of the molecule is CC1CN(C(=O)CN2C[C@H]3CNC[C@H]3C2)CCO1. The van der Waals surface area contributed by atoms with Gasteiger partial charge >= 0.3 is 0 Å². The molecular formula is C13H23N3O2. The predicted octanol–water partition coefficient (Wildman–Crippen LogP) is -0.615. The highest BCUT2D eigenvalue weighted by molar-refractivity contribution is 5.78. The van der Waals surface area contributed by atoms with Gasteiger partial charge in [-0.3, -0.25) is 9.69 Å². The second-order valence-electron chi connectivity index (χ2n) is 5.89. The van der Waals surface area contributed by atoms with Gasteiger partial charge in [0.2, 0.25) is 5.91 Å². The first kappa shape index (κ1) is 12.4. The van der Waals surface area contributed by atoms with Crippen LogP contribution in [0, 0.1) is 11.8 Å². The fourth-order valence-corrected chi connectivity index (χ4v) is 3.42. The summed E-state index contributed by atoms with van der Waals surface area (Å²) in [6.45, 7) is 9.25. The minimum absolute atomic E-state index is 0.185. The Kier molecular flexibility index (Phi) is 3.54. The van der Waals surface area contributed by atoms with Crippen molar-refractivity contribution in [2.24, 2.45) is 11.8 Å². The molecule has 0 aromatic heterocycles. The maximum Gasteiger partial charge on any atom is 0.236 e. The Labute approximate surface area is 108 Å². The van der Waals surface area contributed by atoms with Crippen LogP contribution >= 0.6 is 0 Å². The Morgan fingerprint density at radius 2 is 2.00 bits per heavy atom. The molecule has 3 atom stereocenters. The molecule has 3 aliphatic heterocycles. The molecule has 18 heavy (non-hydrogen) atoms. The van der Waals surface area contributed by atoms with Crippen molar-refractivity contribution in [3.63, 3.8) is 0 Å². The summed E-state index contributed by atoms with van der Waals surface area (Å²) in [7, 11) is 0. The third-order valence-electron chi connectivity index (χ3n) is 4.42. The Balaban J connectivity index is 1.49. The molecule has 0 aromatic carbocycles. The number of carbonyl (C=O) groups is 1. The van der Waals surface area contributed by atoms with Crippen molar-refractivity contribution in [1.29, 1.82) is 0 Å². The Bertz CT molecular complexity index is 311. The normalized spacial score (nSPS) is 36.9. The molecule has 3 heterocycles. The topological polar surface area (TPSA) is 44.8 Å². The summed E-state index contributed by atoms with van der Waals surface area (Å²) >= 11 is 0. The van der Waals surface area contributed by atoms with Crippen LogP contribution in [-0.4, -0.2) is 74.2 Å². The molecule has 3 fully saturated rings. The largest absolute Gasteiger partial charge is 0.375 e. The van der Waals surface area contributed by atoms with Gasteiger partial charge in [0.1, 0.15) is 0 Å². The van der Waals surface area contributed by atoms with Crippen LogP contribution in [0.3, 0.4) is 0 Å². The minimum atomic E-state index is 0.185. The summed E-state index contributed by atoms with van der Waals surface area (Å²) in [5.41, 5.74) is 0. The number of amides is 1. The number of nitrogens with one attached hydrogen (secondary N) is 1. The van der Waals surface area contributed by atoms with E-state index in [1.54, 1.807) is 0 Å². The Hall–Kier alpha value is -0.650. The first-order chi connectivity index (χ1) is 8.72. The predicted molar refractivity (Wildman–Crippen MR) is 68.3 cm³/mol. The van der Waals surface area contributed by atoms with Crippen molar-refractivity contribution >= 4 is 5.91 Å². The van der Waals surface area contributed by atoms with Gasteiger partial charge < -0.3 is 15.0 Å². The van der Waals surface area contributed by atoms with E-state index in [2.05, 4.69) is 10.2 Å². The maximum absolute atomic E-state index is 12.2. The molecule has 0 aromatic rings. The minimum Gasteiger partial charge on any atom is -0.375 e. The van der Waals surface area contributed by atoms with E-state index in [-0.39, 0.29) is 12.0 Å². The first-order valence-corrected chi connectivity index (χ1v) is 7.05. The summed E-state index contributed by atoms with van der Waals surface area (Å²) in [6.07, 6.45) is 0.185. The van der Waals surface area contributed by atoms with E-state index in [1.165, 1.54) is 0 Å². The number of hydrogen-bond acceptors (Lipinski definition) is 4. The van der Waals surface area contributed by atoms with Gasteiger partial charge in [-0.05, 0) is 31.8 Å². The highest BCUT2D eigenvalue weighted by Crippen LogP contribution is 2.26. The molecule has 102 valence electrons. The van der Waals surface area contributed by atoms with E-state index >= 15 is 0 Å². The molecule has 0 radical (unpaired) electrons. The molecule has 3 saturated heterocycles. The molecule has 5 nitrogen and oxygen atoms in total. The van der Waals surface area contributed by atoms with Gasteiger partial charge in [-0.15, -0.1) is 0 Å². The summed E-state index contributed by atoms with van der Waals surface area (Å²) in [6, 6.07) is 0. The molecule has 1 N–H and O–H groups in total. The average molecular weight is 253 g/mol. The molecule has 0 saturated carbocycles. The van der Waals surface area contributed by atoms with Crippen LogP contribution in [0.5, 0.6) is 0 Å². The van der Waals surface area contributed by atoms with Crippen molar-refractivity contribution in [2.75, 3.05) is 52.4 Å². The van der Waals surface area contributed by atoms with Gasteiger partial charge in [-0.1, -0.05) is 0 Å². The lowest BCUT2D eigenvalue weighted by Crippen LogP contribution is -2.48. The highest BCUT2D eigenvalue weighted by atomic mass is 16.5. The fraction of sp³-hybridized carbons (Fsp3) is 0.923. The van der Waals surface area contributed by atoms with E-state index in [1.807, 2.05) is 11.8 Å². The zero-order valence-electron chi connectivity index (χ0n) is 11.1. The molecule has 3 rings (SSSR count). The van der Waals surface area contributed by atoms with E-state index in [4.69, 9.17) is 4.74 Å². The Morgan fingerprint density at radius 3 is 2.67 bits per heavy atom. The number of hydrogen-bond donors (Lipinski definition) is 1. The first-order valence-electron chi connectivity index (χ1n) is 7.05. The van der Waals surface area contributed by atoms with E-state index in [9.17, 15) is 4.79 Å². The quantitative estimate of drug-likeness (QED) is 0.713. The van der Waals surface area contributed by atoms with Crippen molar-refractivity contribution in [1.82, 2.24) is 15.1 Å². The zero-order chi connectivity index (χ0) is 12.5. The van der Waals surface area contributed by atoms with E-state index in [0.717, 1.165) is 51.1 Å². The Morgan fingerprint density at radius 1 is 1.28 bits per heavy atom. The number of rotatable bonds is 2. The second-order valence-corrected chi connectivity index (χ2v) is 5.89. The van der Waals surface area contributed by atoms with E-state index in [0.29, 0.717) is 13.2 Å². The van der Waals surface area contributed by atoms with Gasteiger partial charge in [0.05, 0.1) is 19.3 Å². The molecule has 0 bridgehead atoms. The second kappa shape index (κ2) is 5.15. The third kappa shape index (κ3) is 2.53. The lowest BCUT2D eigenvalue weighted by molar-refractivity contribution is -0.139. The third-order valence-corrected chi connectivity index (χ3v) is 4.42. The van der Waals surface area contributed by atoms with Crippen LogP contribution in [0.2, 0.25) is 0 Å². The van der Waals surface area contributed by atoms with Gasteiger partial charge in [-0.2, -0.15) is 0 Å². The summed E-state index contributed by atoms with van der Waals surface area (Å²) in [4.78, 5) is 16.5. The van der Waals surface area contributed by atoms with Gasteiger partial charge in [-0.25, -0.2) is 0 Å². The van der Waals surface area contributed by atoms with Crippen molar-refractivity contribution in [3.05, 3.63) is 0 Å². The number of likely N-dealkylation sites (tertiary alicyclic amines) is 1. The highest BCUT2D eigenvalue weighted by Gasteiger charge is 2.37. The lowest BCUT2D eigenvalue weighted by atomic mass is 10.0. The van der Waals surface area contributed by atoms with Crippen molar-refractivity contribution in [2.45, 2.75) is 13.0 Å². The van der Waals surface area contributed by atoms with Gasteiger partial charge in [0, 0.05) is 26.2 Å². The smallest absolute Gasteiger partial charge is 0.236 e. The number of fused-ring (bicyclic) bond motifs is 1. The number of ether oxygens (including phenoxy) is 1. The van der Waals surface area contributed by atoms with Crippen molar-refractivity contribution < 1.29 is 9.53 Å². The number of nitrogens with zero attached hydrogens (tertiary/aromatic N) is 2. The molecular weight excluding hydrogens is 230 g/mol. The summed E-state index contributed by atoms with van der Waals surface area (Å²) in [5, 5.41) is 3.43. The summed E-state index contributed by atoms with van der Waals surface area (Å²) in [5.74, 6) is 1.81. The summed E-state index contributed by atoms with van der Waals surface area (Å²) < 4.78 is 5.47. The van der Waals surface area contributed by atoms with Gasteiger partial charge in [0.25, 0.3) is 0 Å². The average Bonchev–Trinajstić information content (AvgIpc) is 2.89. The zero-order valence-corrected chi connectivity index (χ0v) is 11.1. The monoisotopic (exact) mass is 253 g/mol. The fourth-order valence-electron chi connectivity index (χ4n) is 3.42. The number of carbonyl (C=O) groups excluding carboxylic acids is 1. The maximum atomic E-state index is 12.2. The molecule has 0 aliphatic carbocycles. The van der Waals surface area contributed by atoms with E-state index < -0.39 is 0 Å². The molecule has 5 heteroatoms. The van der Waals surface area contributed by atoms with Gasteiger partial charge in [0.15, 0.2) is 0 Å². The van der Waals surface area contributed by atoms with Crippen LogP contribution in [0.25, 0.3) is 0 Å². The van der Waals surface area contributed by atoms with Crippen LogP contribution in [-0.2, 0) is 9.53 Å². The van der Waals surface area contributed by atoms with Crippen LogP contribution < -0.4 is 5.32 Å². The lowest BCUT2D eigenvalue weighted by Gasteiger charge is -2.32. The molecule has 1 unspecified atom stereocenters. The standard InChI is InChI=1S/C13H23N3O2/c1-10-6-16(2-3-18-10)13(17)9-15-7-11-4-14-5-12(11)8-15/h10-12,14H,2-9H2,1H3/t10?,11-,12+. The van der Waals surface area contributed by atoms with Crippen molar-refractivity contribution in [3.8, 4) is 0 Å². The molecule has 3 aliphatic rings. The van der Waals surface area contributed by atoms with Crippen LogP contribution in [0.15, 0.2) is 0 Å². The van der Waals surface area contributed by atoms with Crippen LogP contribution in [0.4, 0.5) is 0 Å². The van der Waals surface area contributed by atoms with Crippen LogP contribution in [0.1, 0.15) is 6.92 Å².